The Morgan fingerprint density at radius 3 is 2.62 bits per heavy atom. The zero-order chi connectivity index (χ0) is 15.2. The SMILES string of the molecule is CC(C)C(=O)Nc1cc(C2CC2)nn1[C@@H]1CCS(=O)(=O)C1. The summed E-state index contributed by atoms with van der Waals surface area (Å²) in [5.41, 5.74) is 0.971. The smallest absolute Gasteiger partial charge is 0.228 e. The van der Waals surface area contributed by atoms with Crippen LogP contribution in [0, 0.1) is 5.92 Å². The summed E-state index contributed by atoms with van der Waals surface area (Å²) in [6.45, 7) is 3.66. The number of nitrogens with one attached hydrogen (secondary N) is 1. The molecule has 3 rings (SSSR count). The molecule has 1 aromatic rings. The molecule has 1 amide bonds. The van der Waals surface area contributed by atoms with E-state index in [-0.39, 0.29) is 29.4 Å². The second kappa shape index (κ2) is 5.12. The van der Waals surface area contributed by atoms with E-state index in [9.17, 15) is 13.2 Å². The third kappa shape index (κ3) is 3.12. The average molecular weight is 311 g/mol. The summed E-state index contributed by atoms with van der Waals surface area (Å²) < 4.78 is 25.1. The molecule has 0 spiro atoms. The van der Waals surface area contributed by atoms with E-state index in [2.05, 4.69) is 10.4 Å². The quantitative estimate of drug-likeness (QED) is 0.918. The molecule has 2 aliphatic rings. The van der Waals surface area contributed by atoms with Crippen LogP contribution in [0.25, 0.3) is 0 Å². The minimum absolute atomic E-state index is 0.0700. The highest BCUT2D eigenvalue weighted by molar-refractivity contribution is 7.91. The Balaban J connectivity index is 1.88. The molecule has 1 N–H and O–H groups in total. The van der Waals surface area contributed by atoms with Crippen LogP contribution >= 0.6 is 0 Å². The lowest BCUT2D eigenvalue weighted by molar-refractivity contribution is -0.118. The Bertz CT molecular complexity index is 659. The Kier molecular flexibility index (Phi) is 3.55. The number of rotatable bonds is 4. The Labute approximate surface area is 124 Å². The van der Waals surface area contributed by atoms with E-state index in [1.54, 1.807) is 4.68 Å². The monoisotopic (exact) mass is 311 g/mol. The predicted molar refractivity (Wildman–Crippen MR) is 80.0 cm³/mol. The fourth-order valence-corrected chi connectivity index (χ4v) is 4.29. The molecule has 0 unspecified atom stereocenters. The molecule has 2 heterocycles. The van der Waals surface area contributed by atoms with Gasteiger partial charge in [0, 0.05) is 17.9 Å². The maximum absolute atomic E-state index is 11.9. The second-order valence-electron chi connectivity index (χ2n) is 6.37. The lowest BCUT2D eigenvalue weighted by Crippen LogP contribution is -2.22. The molecule has 2 fully saturated rings. The van der Waals surface area contributed by atoms with Gasteiger partial charge in [0.25, 0.3) is 0 Å². The number of hydrogen-bond acceptors (Lipinski definition) is 4. The summed E-state index contributed by atoms with van der Waals surface area (Å²) in [4.78, 5) is 11.9. The Morgan fingerprint density at radius 1 is 1.38 bits per heavy atom. The van der Waals surface area contributed by atoms with Gasteiger partial charge in [-0.2, -0.15) is 5.10 Å². The molecule has 1 aromatic heterocycles. The van der Waals surface area contributed by atoms with Crippen LogP contribution in [-0.2, 0) is 14.6 Å². The predicted octanol–water partition coefficient (Wildman–Crippen LogP) is 1.71. The normalized spacial score (nSPS) is 24.4. The van der Waals surface area contributed by atoms with Gasteiger partial charge in [0.2, 0.25) is 5.91 Å². The van der Waals surface area contributed by atoms with Crippen molar-refractivity contribution >= 4 is 21.6 Å². The molecule has 1 saturated carbocycles. The van der Waals surface area contributed by atoms with Gasteiger partial charge in [-0.05, 0) is 19.3 Å². The first-order valence-corrected chi connectivity index (χ1v) is 9.28. The van der Waals surface area contributed by atoms with E-state index in [4.69, 9.17) is 0 Å². The van der Waals surface area contributed by atoms with Crippen LogP contribution in [0.3, 0.4) is 0 Å². The molecular weight excluding hydrogens is 290 g/mol. The summed E-state index contributed by atoms with van der Waals surface area (Å²) in [5.74, 6) is 1.23. The maximum atomic E-state index is 11.9. The first-order chi connectivity index (χ1) is 9.85. The summed E-state index contributed by atoms with van der Waals surface area (Å²) in [5, 5.41) is 7.45. The molecule has 0 radical (unpaired) electrons. The number of carbonyl (C=O) groups excluding carboxylic acids is 1. The molecule has 6 nitrogen and oxygen atoms in total. The van der Waals surface area contributed by atoms with Gasteiger partial charge >= 0.3 is 0 Å². The van der Waals surface area contributed by atoms with Crippen LogP contribution in [0.2, 0.25) is 0 Å². The van der Waals surface area contributed by atoms with Crippen molar-refractivity contribution in [1.82, 2.24) is 9.78 Å². The molecule has 0 aromatic carbocycles. The number of hydrogen-bond donors (Lipinski definition) is 1. The Hall–Kier alpha value is -1.37. The third-order valence-electron chi connectivity index (χ3n) is 4.08. The highest BCUT2D eigenvalue weighted by Crippen LogP contribution is 2.41. The van der Waals surface area contributed by atoms with Crippen LogP contribution < -0.4 is 5.32 Å². The zero-order valence-electron chi connectivity index (χ0n) is 12.4. The topological polar surface area (TPSA) is 81.1 Å². The number of sulfone groups is 1. The summed E-state index contributed by atoms with van der Waals surface area (Å²) in [6, 6.07) is 1.74. The van der Waals surface area contributed by atoms with Crippen LogP contribution in [0.5, 0.6) is 0 Å². The van der Waals surface area contributed by atoms with Crippen molar-refractivity contribution < 1.29 is 13.2 Å². The van der Waals surface area contributed by atoms with Gasteiger partial charge in [0.1, 0.15) is 5.82 Å². The van der Waals surface area contributed by atoms with Gasteiger partial charge in [-0.1, -0.05) is 13.8 Å². The van der Waals surface area contributed by atoms with Crippen molar-refractivity contribution in [3.63, 3.8) is 0 Å². The van der Waals surface area contributed by atoms with Crippen LogP contribution in [0.15, 0.2) is 6.07 Å². The third-order valence-corrected chi connectivity index (χ3v) is 5.83. The number of nitrogens with zero attached hydrogens (tertiary/aromatic N) is 2. The lowest BCUT2D eigenvalue weighted by atomic mass is 10.2. The van der Waals surface area contributed by atoms with Crippen molar-refractivity contribution in [3.05, 3.63) is 11.8 Å². The molecule has 1 aliphatic carbocycles. The van der Waals surface area contributed by atoms with Crippen LogP contribution in [-0.4, -0.2) is 35.6 Å². The average Bonchev–Trinajstić information content (AvgIpc) is 3.07. The fraction of sp³-hybridized carbons (Fsp3) is 0.714. The molecule has 116 valence electrons. The molecule has 1 atom stereocenters. The standard InChI is InChI=1S/C14H21N3O3S/c1-9(2)14(18)15-13-7-12(10-3-4-10)16-17(13)11-5-6-21(19,20)8-11/h7,9-11H,3-6,8H2,1-2H3,(H,15,18)/t11-/m1/s1. The lowest BCUT2D eigenvalue weighted by Gasteiger charge is -2.14. The molecule has 1 aliphatic heterocycles. The van der Waals surface area contributed by atoms with Crippen molar-refractivity contribution in [1.29, 1.82) is 0 Å². The van der Waals surface area contributed by atoms with Gasteiger partial charge in [0.05, 0.1) is 23.2 Å². The highest BCUT2D eigenvalue weighted by atomic mass is 32.2. The number of carbonyl (C=O) groups is 1. The molecule has 1 saturated heterocycles. The van der Waals surface area contributed by atoms with Crippen LogP contribution in [0.1, 0.15) is 50.8 Å². The minimum atomic E-state index is -2.97. The van der Waals surface area contributed by atoms with E-state index < -0.39 is 9.84 Å². The van der Waals surface area contributed by atoms with Gasteiger partial charge in [-0.15, -0.1) is 0 Å². The number of aromatic nitrogens is 2. The van der Waals surface area contributed by atoms with E-state index in [0.29, 0.717) is 18.2 Å². The maximum Gasteiger partial charge on any atom is 0.228 e. The second-order valence-corrected chi connectivity index (χ2v) is 8.60. The minimum Gasteiger partial charge on any atom is -0.311 e. The Morgan fingerprint density at radius 2 is 2.10 bits per heavy atom. The van der Waals surface area contributed by atoms with Gasteiger partial charge in [-0.3, -0.25) is 4.79 Å². The van der Waals surface area contributed by atoms with Crippen molar-refractivity contribution in [2.75, 3.05) is 16.8 Å². The van der Waals surface area contributed by atoms with Crippen molar-refractivity contribution in [3.8, 4) is 0 Å². The largest absolute Gasteiger partial charge is 0.311 e. The molecule has 21 heavy (non-hydrogen) atoms. The van der Waals surface area contributed by atoms with Gasteiger partial charge in [-0.25, -0.2) is 13.1 Å². The summed E-state index contributed by atoms with van der Waals surface area (Å²) in [6.07, 6.45) is 2.81. The van der Waals surface area contributed by atoms with Crippen molar-refractivity contribution in [2.45, 2.75) is 45.1 Å². The van der Waals surface area contributed by atoms with Crippen LogP contribution in [0.4, 0.5) is 5.82 Å². The van der Waals surface area contributed by atoms with Gasteiger partial charge < -0.3 is 5.32 Å². The van der Waals surface area contributed by atoms with Crippen molar-refractivity contribution in [2.24, 2.45) is 5.92 Å². The molecule has 0 bridgehead atoms. The molecular formula is C14H21N3O3S. The number of amides is 1. The first-order valence-electron chi connectivity index (χ1n) is 7.46. The summed E-state index contributed by atoms with van der Waals surface area (Å²) in [7, 11) is -2.97. The van der Waals surface area contributed by atoms with Gasteiger partial charge in [0.15, 0.2) is 9.84 Å². The summed E-state index contributed by atoms with van der Waals surface area (Å²) >= 11 is 0. The fourth-order valence-electron chi connectivity index (χ4n) is 2.60. The highest BCUT2D eigenvalue weighted by Gasteiger charge is 2.34. The van der Waals surface area contributed by atoms with E-state index in [1.165, 1.54) is 0 Å². The number of anilines is 1. The van der Waals surface area contributed by atoms with E-state index in [1.807, 2.05) is 19.9 Å². The first kappa shape index (κ1) is 14.6. The zero-order valence-corrected chi connectivity index (χ0v) is 13.2. The van der Waals surface area contributed by atoms with E-state index in [0.717, 1.165) is 18.5 Å². The molecule has 7 heteroatoms. The van der Waals surface area contributed by atoms with E-state index >= 15 is 0 Å².